The Morgan fingerprint density at radius 2 is 2.05 bits per heavy atom. The summed E-state index contributed by atoms with van der Waals surface area (Å²) >= 11 is 0. The minimum Gasteiger partial charge on any atom is -0.569 e. The van der Waals surface area contributed by atoms with Crippen LogP contribution in [0.4, 0.5) is 4.79 Å². The standard InChI is InChI=1S/C10H17N3O7/c1-7(19-10(16)18-2)20-11-13(17)12-5-3-8(4-6-12)9(14)15/h7-8H,3-6H2,1-2H3,(H,14,15)/b13-11-. The Morgan fingerprint density at radius 1 is 1.45 bits per heavy atom. The molecule has 0 aliphatic carbocycles. The van der Waals surface area contributed by atoms with E-state index in [9.17, 15) is 14.8 Å². The molecule has 1 rings (SSSR count). The molecule has 0 aromatic heterocycles. The predicted octanol–water partition coefficient (Wildman–Crippen LogP) is 0.721. The Morgan fingerprint density at radius 3 is 2.55 bits per heavy atom. The molecule has 114 valence electrons. The lowest BCUT2D eigenvalue weighted by atomic mass is 9.98. The number of hydrazine groups is 1. The average molecular weight is 291 g/mol. The number of hydrogen-bond acceptors (Lipinski definition) is 7. The van der Waals surface area contributed by atoms with Crippen LogP contribution in [0.3, 0.4) is 0 Å². The fourth-order valence-corrected chi connectivity index (χ4v) is 1.65. The number of methoxy groups -OCH3 is 1. The highest BCUT2D eigenvalue weighted by molar-refractivity contribution is 5.70. The largest absolute Gasteiger partial charge is 0.569 e. The van der Waals surface area contributed by atoms with E-state index in [0.29, 0.717) is 12.8 Å². The van der Waals surface area contributed by atoms with E-state index in [1.807, 2.05) is 0 Å². The summed E-state index contributed by atoms with van der Waals surface area (Å²) in [6.45, 7) is 1.89. The van der Waals surface area contributed by atoms with E-state index in [0.717, 1.165) is 7.11 Å². The molecule has 0 amide bonds. The molecule has 0 radical (unpaired) electrons. The first-order valence-electron chi connectivity index (χ1n) is 6.00. The van der Waals surface area contributed by atoms with Gasteiger partial charge in [0.05, 0.1) is 31.1 Å². The van der Waals surface area contributed by atoms with Crippen molar-refractivity contribution in [2.75, 3.05) is 20.2 Å². The third-order valence-electron chi connectivity index (χ3n) is 2.76. The first kappa shape index (κ1) is 15.8. The molecular weight excluding hydrogens is 274 g/mol. The minimum absolute atomic E-state index is 0.217. The van der Waals surface area contributed by atoms with Crippen molar-refractivity contribution in [2.45, 2.75) is 26.1 Å². The van der Waals surface area contributed by atoms with Gasteiger partial charge >= 0.3 is 12.1 Å². The van der Waals surface area contributed by atoms with Crippen molar-refractivity contribution in [1.29, 1.82) is 0 Å². The van der Waals surface area contributed by atoms with Gasteiger partial charge in [0.2, 0.25) is 5.28 Å². The lowest BCUT2D eigenvalue weighted by Crippen LogP contribution is -2.40. The van der Waals surface area contributed by atoms with Crippen LogP contribution in [0.1, 0.15) is 19.8 Å². The topological polar surface area (TPSA) is 124 Å². The van der Waals surface area contributed by atoms with Crippen LogP contribution in [0.2, 0.25) is 0 Å². The normalized spacial score (nSPS) is 18.3. The lowest BCUT2D eigenvalue weighted by molar-refractivity contribution is -0.715. The molecule has 0 aromatic carbocycles. The molecule has 1 aliphatic heterocycles. The van der Waals surface area contributed by atoms with Gasteiger partial charge in [0.15, 0.2) is 0 Å². The van der Waals surface area contributed by atoms with Crippen LogP contribution in [0, 0.1) is 11.1 Å². The van der Waals surface area contributed by atoms with Crippen molar-refractivity contribution >= 4 is 12.1 Å². The monoisotopic (exact) mass is 291 g/mol. The van der Waals surface area contributed by atoms with E-state index in [2.05, 4.69) is 19.6 Å². The Kier molecular flexibility index (Phi) is 5.81. The van der Waals surface area contributed by atoms with E-state index in [1.165, 1.54) is 11.9 Å². The van der Waals surface area contributed by atoms with Crippen LogP contribution >= 0.6 is 0 Å². The summed E-state index contributed by atoms with van der Waals surface area (Å²) in [6.07, 6.45) is -1.31. The van der Waals surface area contributed by atoms with Crippen LogP contribution in [0.5, 0.6) is 0 Å². The van der Waals surface area contributed by atoms with Gasteiger partial charge in [-0.25, -0.2) is 4.79 Å². The third-order valence-corrected chi connectivity index (χ3v) is 2.76. The Balaban J connectivity index is 2.38. The molecule has 0 aromatic rings. The Bertz CT molecular complexity index is 379. The summed E-state index contributed by atoms with van der Waals surface area (Å²) in [5.41, 5.74) is 0. The van der Waals surface area contributed by atoms with Gasteiger partial charge in [-0.1, -0.05) is 0 Å². The molecule has 10 heteroatoms. The number of carboxylic acids is 1. The third kappa shape index (κ3) is 4.78. The van der Waals surface area contributed by atoms with Gasteiger partial charge in [-0.05, 0) is 12.8 Å². The first-order chi connectivity index (χ1) is 9.43. The molecule has 1 saturated heterocycles. The van der Waals surface area contributed by atoms with Gasteiger partial charge in [0.1, 0.15) is 0 Å². The average Bonchev–Trinajstić information content (AvgIpc) is 2.44. The number of nitrogens with zero attached hydrogens (tertiary/aromatic N) is 3. The molecule has 1 aliphatic rings. The maximum absolute atomic E-state index is 11.6. The summed E-state index contributed by atoms with van der Waals surface area (Å²) < 4.78 is 8.78. The summed E-state index contributed by atoms with van der Waals surface area (Å²) in [5, 5.41) is 24.9. The molecule has 1 heterocycles. The number of aliphatic carboxylic acids is 1. The molecule has 0 bridgehead atoms. The number of piperidine rings is 1. The fourth-order valence-electron chi connectivity index (χ4n) is 1.65. The number of ether oxygens (including phenoxy) is 2. The van der Waals surface area contributed by atoms with Crippen molar-refractivity contribution in [2.24, 2.45) is 11.2 Å². The smallest absolute Gasteiger partial charge is 0.511 e. The zero-order chi connectivity index (χ0) is 15.1. The number of rotatable bonds is 5. The van der Waals surface area contributed by atoms with Crippen molar-refractivity contribution in [3.8, 4) is 0 Å². The fraction of sp³-hybridized carbons (Fsp3) is 0.800. The quantitative estimate of drug-likeness (QED) is 0.258. The number of carbonyl (C=O) groups is 2. The number of carbonyl (C=O) groups excluding carboxylic acids is 1. The molecule has 1 N–H and O–H groups in total. The maximum Gasteiger partial charge on any atom is 0.511 e. The number of carboxylic acid groups (broad SMARTS) is 1. The second-order valence-electron chi connectivity index (χ2n) is 4.15. The minimum atomic E-state index is -1.07. The van der Waals surface area contributed by atoms with E-state index >= 15 is 0 Å². The second-order valence-corrected chi connectivity index (χ2v) is 4.15. The van der Waals surface area contributed by atoms with E-state index in [-0.39, 0.29) is 18.1 Å². The van der Waals surface area contributed by atoms with Gasteiger partial charge < -0.3 is 19.8 Å². The molecule has 0 spiro atoms. The molecule has 1 fully saturated rings. The molecule has 10 nitrogen and oxygen atoms in total. The van der Waals surface area contributed by atoms with Gasteiger partial charge in [0.25, 0.3) is 6.29 Å². The lowest BCUT2D eigenvalue weighted by Gasteiger charge is -2.25. The van der Waals surface area contributed by atoms with Crippen LogP contribution in [-0.4, -0.2) is 53.7 Å². The van der Waals surface area contributed by atoms with Gasteiger partial charge in [0, 0.05) is 6.92 Å². The first-order valence-corrected chi connectivity index (χ1v) is 6.00. The summed E-state index contributed by atoms with van der Waals surface area (Å²) in [5.74, 6) is -1.31. The van der Waals surface area contributed by atoms with E-state index in [4.69, 9.17) is 5.11 Å². The van der Waals surface area contributed by atoms with Crippen LogP contribution in [-0.2, 0) is 19.1 Å². The highest BCUT2D eigenvalue weighted by atomic mass is 16.8. The predicted molar refractivity (Wildman–Crippen MR) is 62.0 cm³/mol. The number of hydrogen-bond donors (Lipinski definition) is 1. The summed E-state index contributed by atoms with van der Waals surface area (Å²) in [7, 11) is 1.14. The molecule has 20 heavy (non-hydrogen) atoms. The maximum atomic E-state index is 11.6. The van der Waals surface area contributed by atoms with Crippen LogP contribution in [0.25, 0.3) is 0 Å². The molecular formula is C10H17N3O7. The van der Waals surface area contributed by atoms with Crippen molar-refractivity contribution in [3.63, 3.8) is 0 Å². The molecule has 0 saturated carbocycles. The Labute approximate surface area is 115 Å². The molecule has 1 atom stereocenters. The zero-order valence-corrected chi connectivity index (χ0v) is 11.2. The molecule has 1 unspecified atom stereocenters. The highest BCUT2D eigenvalue weighted by Gasteiger charge is 2.28. The van der Waals surface area contributed by atoms with E-state index < -0.39 is 24.3 Å². The summed E-state index contributed by atoms with van der Waals surface area (Å²) in [6, 6.07) is 0. The van der Waals surface area contributed by atoms with E-state index in [1.54, 1.807) is 0 Å². The second kappa shape index (κ2) is 7.36. The van der Waals surface area contributed by atoms with Crippen LogP contribution in [0.15, 0.2) is 5.28 Å². The summed E-state index contributed by atoms with van der Waals surface area (Å²) in [4.78, 5) is 26.4. The highest BCUT2D eigenvalue weighted by Crippen LogP contribution is 2.17. The van der Waals surface area contributed by atoms with Crippen LogP contribution < -0.4 is 0 Å². The van der Waals surface area contributed by atoms with Crippen molar-refractivity contribution < 1.29 is 34.0 Å². The van der Waals surface area contributed by atoms with Gasteiger partial charge in [-0.2, -0.15) is 0 Å². The van der Waals surface area contributed by atoms with Gasteiger partial charge in [-0.15, -0.1) is 5.01 Å². The van der Waals surface area contributed by atoms with Crippen molar-refractivity contribution in [1.82, 2.24) is 5.01 Å². The zero-order valence-electron chi connectivity index (χ0n) is 11.2. The van der Waals surface area contributed by atoms with Crippen molar-refractivity contribution in [3.05, 3.63) is 5.21 Å². The SMILES string of the molecule is COC(=O)OC(C)O/N=[N+](\[O-])N1CCC(C(=O)O)CC1. The van der Waals surface area contributed by atoms with Gasteiger partial charge in [-0.3, -0.25) is 9.63 Å². The Hall–Kier alpha value is -2.26.